The summed E-state index contributed by atoms with van der Waals surface area (Å²) in [7, 11) is -3.25. The maximum atomic E-state index is 12.7. The third-order valence-electron chi connectivity index (χ3n) is 5.10. The number of nitrogens with zero attached hydrogens (tertiary/aromatic N) is 3. The molecule has 2 aliphatic heterocycles. The van der Waals surface area contributed by atoms with E-state index in [-0.39, 0.29) is 0 Å². The Labute approximate surface area is 128 Å². The molecule has 3 rings (SSSR count). The van der Waals surface area contributed by atoms with Crippen molar-refractivity contribution in [2.45, 2.75) is 25.7 Å². The van der Waals surface area contributed by atoms with Gasteiger partial charge in [-0.25, -0.2) is 0 Å². The van der Waals surface area contributed by atoms with Crippen LogP contribution in [0.1, 0.15) is 25.7 Å². The van der Waals surface area contributed by atoms with E-state index in [0.717, 1.165) is 38.4 Å². The Bertz CT molecular complexity index is 436. The lowest BCUT2D eigenvalue weighted by molar-refractivity contribution is 0.171. The minimum absolute atomic E-state index is 0.492. The van der Waals surface area contributed by atoms with Gasteiger partial charge in [-0.15, -0.1) is 0 Å². The Morgan fingerprint density at radius 2 is 1.38 bits per heavy atom. The van der Waals surface area contributed by atoms with Gasteiger partial charge < -0.3 is 10.6 Å². The van der Waals surface area contributed by atoms with Gasteiger partial charge in [0.05, 0.1) is 0 Å². The molecule has 1 aliphatic carbocycles. The topological polar surface area (TPSA) is 69.9 Å². The summed E-state index contributed by atoms with van der Waals surface area (Å²) in [6, 6.07) is 0. The highest BCUT2D eigenvalue weighted by Crippen LogP contribution is 2.30. The van der Waals surface area contributed by atoms with Gasteiger partial charge in [-0.1, -0.05) is 0 Å². The number of hydrogen-bond acceptors (Lipinski definition) is 4. The molecule has 0 bridgehead atoms. The van der Waals surface area contributed by atoms with E-state index in [1.54, 1.807) is 8.61 Å². The van der Waals surface area contributed by atoms with Crippen molar-refractivity contribution in [1.82, 2.24) is 13.5 Å². The maximum Gasteiger partial charge on any atom is 0.282 e. The molecule has 0 radical (unpaired) electrons. The van der Waals surface area contributed by atoms with E-state index in [9.17, 15) is 8.42 Å². The van der Waals surface area contributed by atoms with Gasteiger partial charge in [0.1, 0.15) is 0 Å². The largest absolute Gasteiger partial charge is 0.330 e. The molecule has 2 saturated heterocycles. The predicted octanol–water partition coefficient (Wildman–Crippen LogP) is -0.0705. The number of hydrogen-bond donors (Lipinski definition) is 1. The van der Waals surface area contributed by atoms with Crippen LogP contribution in [0.3, 0.4) is 0 Å². The summed E-state index contributed by atoms with van der Waals surface area (Å²) in [6.07, 6.45) is 4.51. The predicted molar refractivity (Wildman–Crippen MR) is 83.0 cm³/mol. The summed E-state index contributed by atoms with van der Waals surface area (Å²) in [6.45, 7) is 6.16. The second-order valence-electron chi connectivity index (χ2n) is 6.73. The molecule has 2 N–H and O–H groups in total. The molecule has 3 fully saturated rings. The molecule has 0 amide bonds. The summed E-state index contributed by atoms with van der Waals surface area (Å²) < 4.78 is 28.7. The third kappa shape index (κ3) is 3.76. The fraction of sp³-hybridized carbons (Fsp3) is 1.00. The Kier molecular flexibility index (Phi) is 4.85. The first kappa shape index (κ1) is 15.7. The van der Waals surface area contributed by atoms with Crippen LogP contribution < -0.4 is 5.73 Å². The van der Waals surface area contributed by atoms with Crippen LogP contribution >= 0.6 is 0 Å². The standard InChI is InChI=1S/C14H28N4O2S/c15-11-13-3-5-17(6-4-13)21(19,20)18-9-7-16(8-10-18)12-14-1-2-14/h13-14H,1-12,15H2. The Hall–Kier alpha value is -0.210. The van der Waals surface area contributed by atoms with Gasteiger partial charge in [0.2, 0.25) is 0 Å². The molecule has 2 heterocycles. The van der Waals surface area contributed by atoms with Gasteiger partial charge in [-0.3, -0.25) is 0 Å². The molecule has 0 aromatic rings. The zero-order chi connectivity index (χ0) is 14.9. The second kappa shape index (κ2) is 6.50. The van der Waals surface area contributed by atoms with Gasteiger partial charge in [-0.2, -0.15) is 17.0 Å². The van der Waals surface area contributed by atoms with Crippen LogP contribution in [-0.2, 0) is 10.2 Å². The number of piperidine rings is 1. The summed E-state index contributed by atoms with van der Waals surface area (Å²) >= 11 is 0. The van der Waals surface area contributed by atoms with Gasteiger partial charge in [0, 0.05) is 45.8 Å². The maximum absolute atomic E-state index is 12.7. The van der Waals surface area contributed by atoms with E-state index in [2.05, 4.69) is 4.90 Å². The number of nitrogens with two attached hydrogens (primary N) is 1. The monoisotopic (exact) mass is 316 g/mol. The zero-order valence-corrected chi connectivity index (χ0v) is 13.6. The molecule has 0 aromatic carbocycles. The lowest BCUT2D eigenvalue weighted by atomic mass is 9.99. The summed E-state index contributed by atoms with van der Waals surface area (Å²) in [4.78, 5) is 2.42. The number of piperazine rings is 1. The Balaban J connectivity index is 1.51. The fourth-order valence-corrected chi connectivity index (χ4v) is 4.97. The third-order valence-corrected chi connectivity index (χ3v) is 7.14. The van der Waals surface area contributed by atoms with Crippen molar-refractivity contribution in [3.8, 4) is 0 Å². The van der Waals surface area contributed by atoms with Crippen LogP contribution in [0.15, 0.2) is 0 Å². The average Bonchev–Trinajstić information content (AvgIpc) is 3.32. The van der Waals surface area contributed by atoms with Crippen LogP contribution in [0.5, 0.6) is 0 Å². The summed E-state index contributed by atoms with van der Waals surface area (Å²) in [5, 5.41) is 0. The van der Waals surface area contributed by atoms with Gasteiger partial charge in [-0.05, 0) is 44.1 Å². The Morgan fingerprint density at radius 3 is 1.90 bits per heavy atom. The minimum atomic E-state index is -3.25. The van der Waals surface area contributed by atoms with Crippen LogP contribution in [-0.4, -0.2) is 74.3 Å². The molecular weight excluding hydrogens is 288 g/mol. The highest BCUT2D eigenvalue weighted by atomic mass is 32.2. The van der Waals surface area contributed by atoms with E-state index < -0.39 is 10.2 Å². The molecule has 0 unspecified atom stereocenters. The van der Waals surface area contributed by atoms with Crippen molar-refractivity contribution in [2.24, 2.45) is 17.6 Å². The molecule has 3 aliphatic rings. The first-order chi connectivity index (χ1) is 10.1. The normalized spacial score (nSPS) is 28.0. The van der Waals surface area contributed by atoms with Crippen molar-refractivity contribution in [3.05, 3.63) is 0 Å². The smallest absolute Gasteiger partial charge is 0.282 e. The molecule has 0 atom stereocenters. The number of rotatable bonds is 5. The van der Waals surface area contributed by atoms with E-state index in [4.69, 9.17) is 5.73 Å². The average molecular weight is 316 g/mol. The molecule has 122 valence electrons. The molecule has 1 saturated carbocycles. The minimum Gasteiger partial charge on any atom is -0.330 e. The molecule has 21 heavy (non-hydrogen) atoms. The first-order valence-electron chi connectivity index (χ1n) is 8.27. The highest BCUT2D eigenvalue weighted by molar-refractivity contribution is 7.86. The van der Waals surface area contributed by atoms with Crippen molar-refractivity contribution in [2.75, 3.05) is 52.4 Å². The van der Waals surface area contributed by atoms with Crippen molar-refractivity contribution in [1.29, 1.82) is 0 Å². The zero-order valence-electron chi connectivity index (χ0n) is 12.8. The van der Waals surface area contributed by atoms with E-state index in [0.29, 0.717) is 38.6 Å². The van der Waals surface area contributed by atoms with Gasteiger partial charge in [0.25, 0.3) is 10.2 Å². The summed E-state index contributed by atoms with van der Waals surface area (Å²) in [5.41, 5.74) is 5.68. The Morgan fingerprint density at radius 1 is 0.810 bits per heavy atom. The highest BCUT2D eigenvalue weighted by Gasteiger charge is 2.35. The molecule has 6 nitrogen and oxygen atoms in total. The molecule has 0 aromatic heterocycles. The van der Waals surface area contributed by atoms with Crippen LogP contribution in [0.2, 0.25) is 0 Å². The van der Waals surface area contributed by atoms with E-state index in [1.165, 1.54) is 12.8 Å². The van der Waals surface area contributed by atoms with Crippen molar-refractivity contribution >= 4 is 10.2 Å². The molecular formula is C14H28N4O2S. The SMILES string of the molecule is NCC1CCN(S(=O)(=O)N2CCN(CC3CC3)CC2)CC1. The second-order valence-corrected chi connectivity index (χ2v) is 8.66. The first-order valence-corrected chi connectivity index (χ1v) is 9.67. The lowest BCUT2D eigenvalue weighted by Gasteiger charge is -2.38. The van der Waals surface area contributed by atoms with Gasteiger partial charge >= 0.3 is 0 Å². The fourth-order valence-electron chi connectivity index (χ4n) is 3.35. The summed E-state index contributed by atoms with van der Waals surface area (Å²) in [5.74, 6) is 1.37. The van der Waals surface area contributed by atoms with Gasteiger partial charge in [0.15, 0.2) is 0 Å². The van der Waals surface area contributed by atoms with Crippen LogP contribution in [0.4, 0.5) is 0 Å². The molecule has 0 spiro atoms. The van der Waals surface area contributed by atoms with Crippen LogP contribution in [0.25, 0.3) is 0 Å². The molecule has 7 heteroatoms. The van der Waals surface area contributed by atoms with E-state index in [1.807, 2.05) is 0 Å². The quantitative estimate of drug-likeness (QED) is 0.771. The lowest BCUT2D eigenvalue weighted by Crippen LogP contribution is -2.54. The van der Waals surface area contributed by atoms with Crippen molar-refractivity contribution in [3.63, 3.8) is 0 Å². The van der Waals surface area contributed by atoms with Crippen molar-refractivity contribution < 1.29 is 8.42 Å². The van der Waals surface area contributed by atoms with E-state index >= 15 is 0 Å². The van der Waals surface area contributed by atoms with Crippen LogP contribution in [0, 0.1) is 11.8 Å².